The monoisotopic (exact) mass is 249 g/mol. The summed E-state index contributed by atoms with van der Waals surface area (Å²) < 4.78 is 0. The average Bonchev–Trinajstić information content (AvgIpc) is 2.96. The SMILES string of the molecule is O=C1CCCC1CCN1CCC2(CCCCC2)C1. The van der Waals surface area contributed by atoms with Gasteiger partial charge in [0, 0.05) is 18.9 Å². The van der Waals surface area contributed by atoms with Crippen molar-refractivity contribution in [2.24, 2.45) is 11.3 Å². The maximum atomic E-state index is 11.7. The third-order valence-electron chi connectivity index (χ3n) is 5.66. The predicted molar refractivity (Wildman–Crippen MR) is 73.5 cm³/mol. The molecule has 3 fully saturated rings. The largest absolute Gasteiger partial charge is 0.303 e. The van der Waals surface area contributed by atoms with Crippen LogP contribution in [0.4, 0.5) is 0 Å². The van der Waals surface area contributed by atoms with Gasteiger partial charge < -0.3 is 4.90 Å². The Bertz CT molecular complexity index is 306. The lowest BCUT2D eigenvalue weighted by Crippen LogP contribution is -2.30. The summed E-state index contributed by atoms with van der Waals surface area (Å²) in [6.07, 6.45) is 13.0. The number of rotatable bonds is 3. The van der Waals surface area contributed by atoms with Gasteiger partial charge in [-0.1, -0.05) is 19.3 Å². The van der Waals surface area contributed by atoms with E-state index >= 15 is 0 Å². The minimum Gasteiger partial charge on any atom is -0.303 e. The first-order valence-corrected chi connectivity index (χ1v) is 8.03. The molecule has 0 aromatic heterocycles. The zero-order chi connectivity index (χ0) is 12.4. The van der Waals surface area contributed by atoms with E-state index in [1.165, 1.54) is 58.2 Å². The second-order valence-corrected chi connectivity index (χ2v) is 6.93. The Morgan fingerprint density at radius 1 is 1.11 bits per heavy atom. The highest BCUT2D eigenvalue weighted by atomic mass is 16.1. The van der Waals surface area contributed by atoms with Crippen molar-refractivity contribution in [2.75, 3.05) is 19.6 Å². The number of Topliss-reactive ketones (excluding diaryl/α,β-unsaturated/α-hetero) is 1. The molecule has 1 saturated heterocycles. The fraction of sp³-hybridized carbons (Fsp3) is 0.938. The normalized spacial score (nSPS) is 32.4. The van der Waals surface area contributed by atoms with E-state index in [1.54, 1.807) is 0 Å². The molecule has 3 aliphatic rings. The molecule has 1 atom stereocenters. The zero-order valence-electron chi connectivity index (χ0n) is 11.6. The molecule has 0 radical (unpaired) electrons. The standard InChI is InChI=1S/C16H27NO/c18-15-6-4-5-14(15)7-11-17-12-10-16(13-17)8-2-1-3-9-16/h14H,1-13H2. The molecule has 1 spiro atoms. The van der Waals surface area contributed by atoms with Crippen molar-refractivity contribution >= 4 is 5.78 Å². The van der Waals surface area contributed by atoms with Crippen molar-refractivity contribution in [2.45, 2.75) is 64.2 Å². The van der Waals surface area contributed by atoms with Gasteiger partial charge in [-0.25, -0.2) is 0 Å². The second-order valence-electron chi connectivity index (χ2n) is 6.93. The number of hydrogen-bond donors (Lipinski definition) is 0. The molecule has 0 amide bonds. The van der Waals surface area contributed by atoms with Crippen LogP contribution in [0.15, 0.2) is 0 Å². The van der Waals surface area contributed by atoms with Gasteiger partial charge in [-0.15, -0.1) is 0 Å². The highest BCUT2D eigenvalue weighted by Gasteiger charge is 2.38. The number of ketones is 1. The van der Waals surface area contributed by atoms with E-state index < -0.39 is 0 Å². The molecule has 1 heterocycles. The molecule has 18 heavy (non-hydrogen) atoms. The molecule has 0 bridgehead atoms. The summed E-state index contributed by atoms with van der Waals surface area (Å²) in [6.45, 7) is 3.80. The maximum absolute atomic E-state index is 11.7. The highest BCUT2D eigenvalue weighted by Crippen LogP contribution is 2.43. The summed E-state index contributed by atoms with van der Waals surface area (Å²) in [7, 11) is 0. The molecule has 0 N–H and O–H groups in total. The Kier molecular flexibility index (Phi) is 3.74. The van der Waals surface area contributed by atoms with Crippen LogP contribution in [0.25, 0.3) is 0 Å². The van der Waals surface area contributed by atoms with E-state index in [2.05, 4.69) is 4.90 Å². The van der Waals surface area contributed by atoms with Crippen LogP contribution in [0.3, 0.4) is 0 Å². The first kappa shape index (κ1) is 12.7. The lowest BCUT2D eigenvalue weighted by Gasteiger charge is -2.33. The van der Waals surface area contributed by atoms with Gasteiger partial charge in [-0.3, -0.25) is 4.79 Å². The Balaban J connectivity index is 1.46. The Labute approximate surface area is 111 Å². The fourth-order valence-electron chi connectivity index (χ4n) is 4.46. The van der Waals surface area contributed by atoms with Gasteiger partial charge in [0.25, 0.3) is 0 Å². The van der Waals surface area contributed by atoms with Crippen molar-refractivity contribution in [3.63, 3.8) is 0 Å². The first-order valence-electron chi connectivity index (χ1n) is 8.03. The highest BCUT2D eigenvalue weighted by molar-refractivity contribution is 5.82. The van der Waals surface area contributed by atoms with Crippen molar-refractivity contribution in [1.29, 1.82) is 0 Å². The molecular formula is C16H27NO. The number of carbonyl (C=O) groups excluding carboxylic acids is 1. The summed E-state index contributed by atoms with van der Waals surface area (Å²) in [5.74, 6) is 0.953. The Hall–Kier alpha value is -0.370. The van der Waals surface area contributed by atoms with E-state index in [1.807, 2.05) is 0 Å². The number of hydrogen-bond acceptors (Lipinski definition) is 2. The van der Waals surface area contributed by atoms with Gasteiger partial charge in [0.1, 0.15) is 5.78 Å². The quantitative estimate of drug-likeness (QED) is 0.764. The number of nitrogens with zero attached hydrogens (tertiary/aromatic N) is 1. The average molecular weight is 249 g/mol. The van der Waals surface area contributed by atoms with Gasteiger partial charge in [-0.2, -0.15) is 0 Å². The van der Waals surface area contributed by atoms with Crippen molar-refractivity contribution < 1.29 is 4.79 Å². The molecule has 1 aliphatic heterocycles. The fourth-order valence-corrected chi connectivity index (χ4v) is 4.46. The molecule has 2 saturated carbocycles. The molecule has 3 rings (SSSR count). The van der Waals surface area contributed by atoms with Gasteiger partial charge in [0.15, 0.2) is 0 Å². The maximum Gasteiger partial charge on any atom is 0.136 e. The van der Waals surface area contributed by atoms with Gasteiger partial charge in [0.05, 0.1) is 0 Å². The topological polar surface area (TPSA) is 20.3 Å². The third-order valence-corrected chi connectivity index (χ3v) is 5.66. The second kappa shape index (κ2) is 5.32. The van der Waals surface area contributed by atoms with E-state index in [-0.39, 0.29) is 0 Å². The van der Waals surface area contributed by atoms with E-state index in [9.17, 15) is 4.79 Å². The van der Waals surface area contributed by atoms with Crippen LogP contribution >= 0.6 is 0 Å². The van der Waals surface area contributed by atoms with Crippen LogP contribution in [0, 0.1) is 11.3 Å². The number of likely N-dealkylation sites (tertiary alicyclic amines) is 1. The third kappa shape index (κ3) is 2.64. The molecule has 2 nitrogen and oxygen atoms in total. The molecule has 1 unspecified atom stereocenters. The van der Waals surface area contributed by atoms with Crippen LogP contribution in [-0.2, 0) is 4.79 Å². The van der Waals surface area contributed by atoms with Crippen LogP contribution in [0.2, 0.25) is 0 Å². The van der Waals surface area contributed by atoms with Crippen LogP contribution < -0.4 is 0 Å². The van der Waals surface area contributed by atoms with Crippen LogP contribution in [0.5, 0.6) is 0 Å². The Morgan fingerprint density at radius 3 is 2.67 bits per heavy atom. The molecular weight excluding hydrogens is 222 g/mol. The van der Waals surface area contributed by atoms with Crippen LogP contribution in [-0.4, -0.2) is 30.3 Å². The summed E-state index contributed by atoms with van der Waals surface area (Å²) in [6, 6.07) is 0. The summed E-state index contributed by atoms with van der Waals surface area (Å²) in [5.41, 5.74) is 0.679. The van der Waals surface area contributed by atoms with Crippen LogP contribution in [0.1, 0.15) is 64.2 Å². The van der Waals surface area contributed by atoms with Gasteiger partial charge in [0.2, 0.25) is 0 Å². The number of carbonyl (C=O) groups is 1. The molecule has 2 heteroatoms. The minimum atomic E-state index is 0.410. The van der Waals surface area contributed by atoms with E-state index in [0.29, 0.717) is 17.1 Å². The lowest BCUT2D eigenvalue weighted by molar-refractivity contribution is -0.120. The first-order chi connectivity index (χ1) is 8.77. The smallest absolute Gasteiger partial charge is 0.136 e. The van der Waals surface area contributed by atoms with Crippen molar-refractivity contribution in [3.8, 4) is 0 Å². The molecule has 2 aliphatic carbocycles. The molecule has 0 aromatic carbocycles. The lowest BCUT2D eigenvalue weighted by atomic mass is 9.73. The van der Waals surface area contributed by atoms with E-state index in [4.69, 9.17) is 0 Å². The van der Waals surface area contributed by atoms with Crippen molar-refractivity contribution in [3.05, 3.63) is 0 Å². The Morgan fingerprint density at radius 2 is 1.94 bits per heavy atom. The van der Waals surface area contributed by atoms with Gasteiger partial charge >= 0.3 is 0 Å². The summed E-state index contributed by atoms with van der Waals surface area (Å²) >= 11 is 0. The molecule has 0 aromatic rings. The van der Waals surface area contributed by atoms with Crippen molar-refractivity contribution in [1.82, 2.24) is 4.90 Å². The van der Waals surface area contributed by atoms with Gasteiger partial charge in [-0.05, 0) is 57.0 Å². The minimum absolute atomic E-state index is 0.410. The van der Waals surface area contributed by atoms with E-state index in [0.717, 1.165) is 25.7 Å². The zero-order valence-corrected chi connectivity index (χ0v) is 11.6. The summed E-state index contributed by atoms with van der Waals surface area (Å²) in [4.78, 5) is 14.3. The summed E-state index contributed by atoms with van der Waals surface area (Å²) in [5, 5.41) is 0. The molecule has 102 valence electrons. The predicted octanol–water partition coefficient (Wildman–Crippen LogP) is 3.40.